The van der Waals surface area contributed by atoms with E-state index in [2.05, 4.69) is 90.4 Å². The molecule has 2 aromatic rings. The van der Waals surface area contributed by atoms with Gasteiger partial charge in [-0.2, -0.15) is 0 Å². The molecule has 1 aromatic carbocycles. The van der Waals surface area contributed by atoms with Crippen LogP contribution in [-0.2, 0) is 0 Å². The lowest BCUT2D eigenvalue weighted by Crippen LogP contribution is -2.23. The van der Waals surface area contributed by atoms with E-state index in [1.807, 2.05) is 0 Å². The van der Waals surface area contributed by atoms with Crippen LogP contribution in [0.25, 0.3) is 0 Å². The quantitative estimate of drug-likeness (QED) is 0.558. The van der Waals surface area contributed by atoms with E-state index in [1.54, 1.807) is 11.3 Å². The molecule has 102 valence electrons. The Balaban J connectivity index is 2.35. The lowest BCUT2D eigenvalue weighted by molar-refractivity contribution is 0.598. The summed E-state index contributed by atoms with van der Waals surface area (Å²) >= 11 is 12.4. The van der Waals surface area contributed by atoms with E-state index in [-0.39, 0.29) is 6.04 Å². The van der Waals surface area contributed by atoms with Gasteiger partial charge >= 0.3 is 0 Å². The monoisotopic (exact) mass is 465 g/mol. The first kappa shape index (κ1) is 15.7. The van der Waals surface area contributed by atoms with E-state index in [1.165, 1.54) is 14.9 Å². The number of nitrogens with one attached hydrogen (secondary N) is 1. The third kappa shape index (κ3) is 4.14. The molecule has 1 nitrogen and oxygen atoms in total. The van der Waals surface area contributed by atoms with Gasteiger partial charge in [-0.15, -0.1) is 11.3 Å². The fourth-order valence-corrected chi connectivity index (χ4v) is 5.07. The van der Waals surface area contributed by atoms with Crippen LogP contribution in [0.3, 0.4) is 0 Å². The molecule has 0 spiro atoms. The summed E-state index contributed by atoms with van der Waals surface area (Å²) in [6.07, 6.45) is 1.12. The van der Waals surface area contributed by atoms with Gasteiger partial charge in [0.2, 0.25) is 0 Å². The summed E-state index contributed by atoms with van der Waals surface area (Å²) in [7, 11) is 0. The number of rotatable bonds is 5. The number of halogens is 3. The largest absolute Gasteiger partial charge is 0.306 e. The second-order valence-corrected chi connectivity index (χ2v) is 8.88. The first-order chi connectivity index (χ1) is 9.11. The van der Waals surface area contributed by atoms with Crippen molar-refractivity contribution in [1.82, 2.24) is 5.32 Å². The SMILES string of the molecule is CCCNC(c1ccc(Br)cc1)c1cc(Br)sc1Br. The minimum Gasteiger partial charge on any atom is -0.306 e. The predicted molar refractivity (Wildman–Crippen MR) is 94.0 cm³/mol. The molecule has 0 aliphatic heterocycles. The summed E-state index contributed by atoms with van der Waals surface area (Å²) in [4.78, 5) is 0. The normalized spacial score (nSPS) is 12.6. The van der Waals surface area contributed by atoms with Gasteiger partial charge in [-0.3, -0.25) is 0 Å². The smallest absolute Gasteiger partial charge is 0.0761 e. The van der Waals surface area contributed by atoms with E-state index in [9.17, 15) is 0 Å². The Morgan fingerprint density at radius 2 is 1.84 bits per heavy atom. The van der Waals surface area contributed by atoms with Crippen LogP contribution in [0.15, 0.2) is 42.4 Å². The maximum absolute atomic E-state index is 3.66. The number of hydrogen-bond acceptors (Lipinski definition) is 2. The van der Waals surface area contributed by atoms with Gasteiger partial charge < -0.3 is 5.32 Å². The standard InChI is InChI=1S/C14H14Br3NS/c1-2-7-18-13(9-3-5-10(15)6-4-9)11-8-12(16)19-14(11)17/h3-6,8,13,18H,2,7H2,1H3. The molecule has 1 atom stereocenters. The van der Waals surface area contributed by atoms with Crippen molar-refractivity contribution in [3.05, 3.63) is 53.5 Å². The highest BCUT2D eigenvalue weighted by Crippen LogP contribution is 2.38. The van der Waals surface area contributed by atoms with Crippen molar-refractivity contribution in [2.45, 2.75) is 19.4 Å². The average Bonchev–Trinajstić information content (AvgIpc) is 2.71. The maximum atomic E-state index is 3.66. The Kier molecular flexibility index (Phi) is 6.09. The summed E-state index contributed by atoms with van der Waals surface area (Å²) in [5.74, 6) is 0. The van der Waals surface area contributed by atoms with Gasteiger partial charge in [0.25, 0.3) is 0 Å². The second kappa shape index (κ2) is 7.36. The lowest BCUT2D eigenvalue weighted by Gasteiger charge is -2.19. The molecule has 0 saturated carbocycles. The number of thiophene rings is 1. The minimum atomic E-state index is 0.227. The van der Waals surface area contributed by atoms with Gasteiger partial charge in [0.05, 0.1) is 13.6 Å². The molecule has 0 bridgehead atoms. The minimum absolute atomic E-state index is 0.227. The molecule has 0 saturated heterocycles. The molecule has 5 heteroatoms. The highest BCUT2D eigenvalue weighted by molar-refractivity contribution is 9.12. The summed E-state index contributed by atoms with van der Waals surface area (Å²) < 4.78 is 3.43. The molecule has 0 aliphatic rings. The van der Waals surface area contributed by atoms with Crippen molar-refractivity contribution in [1.29, 1.82) is 0 Å². The maximum Gasteiger partial charge on any atom is 0.0761 e. The molecule has 1 unspecified atom stereocenters. The molecule has 0 radical (unpaired) electrons. The zero-order chi connectivity index (χ0) is 13.8. The van der Waals surface area contributed by atoms with E-state index < -0.39 is 0 Å². The van der Waals surface area contributed by atoms with Gasteiger partial charge in [-0.1, -0.05) is 35.0 Å². The summed E-state index contributed by atoms with van der Waals surface area (Å²) in [6.45, 7) is 3.19. The Hall–Kier alpha value is 0.320. The van der Waals surface area contributed by atoms with Gasteiger partial charge in [-0.05, 0) is 74.2 Å². The van der Waals surface area contributed by atoms with Crippen LogP contribution in [0.5, 0.6) is 0 Å². The van der Waals surface area contributed by atoms with E-state index in [0.717, 1.165) is 21.2 Å². The van der Waals surface area contributed by atoms with E-state index in [4.69, 9.17) is 0 Å². The Morgan fingerprint density at radius 3 is 2.37 bits per heavy atom. The molecule has 0 amide bonds. The zero-order valence-electron chi connectivity index (χ0n) is 10.4. The molecule has 1 heterocycles. The molecular formula is C14H14Br3NS. The predicted octanol–water partition coefficient (Wildman–Crippen LogP) is 6.12. The summed E-state index contributed by atoms with van der Waals surface area (Å²) in [5.41, 5.74) is 2.57. The fraction of sp³-hybridized carbons (Fsp3) is 0.286. The zero-order valence-corrected chi connectivity index (χ0v) is 16.0. The highest BCUT2D eigenvalue weighted by atomic mass is 79.9. The summed E-state index contributed by atoms with van der Waals surface area (Å²) in [5, 5.41) is 3.62. The van der Waals surface area contributed by atoms with Gasteiger partial charge in [0.1, 0.15) is 0 Å². The highest BCUT2D eigenvalue weighted by Gasteiger charge is 2.18. The van der Waals surface area contributed by atoms with Gasteiger partial charge in [0, 0.05) is 4.47 Å². The molecule has 1 N–H and O–H groups in total. The fourth-order valence-electron chi connectivity index (χ4n) is 1.90. The number of benzene rings is 1. The van der Waals surface area contributed by atoms with Crippen molar-refractivity contribution < 1.29 is 0 Å². The average molecular weight is 468 g/mol. The topological polar surface area (TPSA) is 12.0 Å². The molecular weight excluding hydrogens is 454 g/mol. The van der Waals surface area contributed by atoms with Crippen molar-refractivity contribution >= 4 is 59.1 Å². The van der Waals surface area contributed by atoms with Crippen LogP contribution in [0.2, 0.25) is 0 Å². The Bertz CT molecular complexity index is 536. The third-order valence-electron chi connectivity index (χ3n) is 2.80. The van der Waals surface area contributed by atoms with Crippen LogP contribution in [0, 0.1) is 0 Å². The third-order valence-corrected chi connectivity index (χ3v) is 5.71. The Morgan fingerprint density at radius 1 is 1.16 bits per heavy atom. The van der Waals surface area contributed by atoms with Gasteiger partial charge in [-0.25, -0.2) is 0 Å². The Labute approximate surface area is 143 Å². The first-order valence-electron chi connectivity index (χ1n) is 6.05. The molecule has 2 rings (SSSR count). The molecule has 1 aromatic heterocycles. The van der Waals surface area contributed by atoms with Crippen LogP contribution in [-0.4, -0.2) is 6.54 Å². The van der Waals surface area contributed by atoms with E-state index in [0.29, 0.717) is 0 Å². The van der Waals surface area contributed by atoms with Crippen molar-refractivity contribution in [2.75, 3.05) is 6.54 Å². The van der Waals surface area contributed by atoms with Crippen molar-refractivity contribution in [3.63, 3.8) is 0 Å². The molecule has 0 fully saturated rings. The lowest BCUT2D eigenvalue weighted by atomic mass is 10.0. The van der Waals surface area contributed by atoms with Crippen molar-refractivity contribution in [3.8, 4) is 0 Å². The summed E-state index contributed by atoms with van der Waals surface area (Å²) in [6, 6.07) is 10.9. The van der Waals surface area contributed by atoms with Crippen LogP contribution in [0.4, 0.5) is 0 Å². The van der Waals surface area contributed by atoms with Crippen LogP contribution in [0.1, 0.15) is 30.5 Å². The first-order valence-corrected chi connectivity index (χ1v) is 9.25. The van der Waals surface area contributed by atoms with Gasteiger partial charge in [0.15, 0.2) is 0 Å². The van der Waals surface area contributed by atoms with E-state index >= 15 is 0 Å². The molecule has 0 aliphatic carbocycles. The van der Waals surface area contributed by atoms with Crippen LogP contribution >= 0.6 is 59.1 Å². The molecule has 19 heavy (non-hydrogen) atoms. The van der Waals surface area contributed by atoms with Crippen molar-refractivity contribution in [2.24, 2.45) is 0 Å². The number of hydrogen-bond donors (Lipinski definition) is 1. The second-order valence-electron chi connectivity index (χ2n) is 4.22. The van der Waals surface area contributed by atoms with Crippen LogP contribution < -0.4 is 5.32 Å².